The summed E-state index contributed by atoms with van der Waals surface area (Å²) in [6, 6.07) is 4.49. The first-order chi connectivity index (χ1) is 11.8. The number of halogens is 2. The van der Waals surface area contributed by atoms with Crippen molar-refractivity contribution in [3.63, 3.8) is 0 Å². The number of hydrogen-bond acceptors (Lipinski definition) is 3. The summed E-state index contributed by atoms with van der Waals surface area (Å²) in [4.78, 5) is 30.2. The molecule has 1 heterocycles. The van der Waals surface area contributed by atoms with Gasteiger partial charge in [0, 0.05) is 49.7 Å². The zero-order chi connectivity index (χ0) is 18.6. The molecule has 1 unspecified atom stereocenters. The van der Waals surface area contributed by atoms with Gasteiger partial charge in [0.2, 0.25) is 11.8 Å². The van der Waals surface area contributed by atoms with Crippen LogP contribution in [0.2, 0.25) is 5.02 Å². The fraction of sp³-hybridized carbons (Fsp3) is 0.556. The third kappa shape index (κ3) is 4.92. The van der Waals surface area contributed by atoms with Gasteiger partial charge in [-0.15, -0.1) is 0 Å². The van der Waals surface area contributed by atoms with E-state index in [9.17, 15) is 14.0 Å². The molecule has 1 saturated heterocycles. The van der Waals surface area contributed by atoms with Gasteiger partial charge >= 0.3 is 0 Å². The Kier molecular flexibility index (Phi) is 6.79. The second kappa shape index (κ2) is 8.63. The number of likely N-dealkylation sites (N-methyl/N-ethyl adjacent to an activating group) is 1. The number of carbonyl (C=O) groups is 2. The molecule has 1 aromatic rings. The van der Waals surface area contributed by atoms with E-state index in [4.69, 9.17) is 11.6 Å². The van der Waals surface area contributed by atoms with Crippen molar-refractivity contribution in [2.75, 3.05) is 40.3 Å². The second-order valence-electron chi connectivity index (χ2n) is 6.60. The smallest absolute Gasteiger partial charge is 0.228 e. The summed E-state index contributed by atoms with van der Waals surface area (Å²) >= 11 is 6.07. The van der Waals surface area contributed by atoms with Gasteiger partial charge in [0.25, 0.3) is 0 Å². The molecule has 138 valence electrons. The van der Waals surface area contributed by atoms with Crippen LogP contribution in [0.4, 0.5) is 4.39 Å². The van der Waals surface area contributed by atoms with E-state index in [1.54, 1.807) is 15.9 Å². The van der Waals surface area contributed by atoms with Gasteiger partial charge in [-0.3, -0.25) is 9.59 Å². The van der Waals surface area contributed by atoms with E-state index < -0.39 is 5.82 Å². The Morgan fingerprint density at radius 3 is 2.72 bits per heavy atom. The molecule has 7 heteroatoms. The highest BCUT2D eigenvalue weighted by Gasteiger charge is 2.36. The molecule has 5 nitrogen and oxygen atoms in total. The van der Waals surface area contributed by atoms with Gasteiger partial charge < -0.3 is 14.7 Å². The molecular weight excluding hydrogens is 345 g/mol. The number of likely N-dealkylation sites (tertiary alicyclic amines) is 1. The van der Waals surface area contributed by atoms with Crippen LogP contribution in [0.15, 0.2) is 18.2 Å². The van der Waals surface area contributed by atoms with Crippen molar-refractivity contribution in [1.82, 2.24) is 14.7 Å². The van der Waals surface area contributed by atoms with Crippen molar-refractivity contribution in [2.24, 2.45) is 5.92 Å². The summed E-state index contributed by atoms with van der Waals surface area (Å²) in [6.45, 7) is 4.19. The first-order valence-electron chi connectivity index (χ1n) is 8.47. The first-order valence-corrected chi connectivity index (χ1v) is 8.85. The molecule has 0 saturated carbocycles. The number of rotatable bonds is 7. The molecular formula is C18H25ClFN3O2. The topological polar surface area (TPSA) is 43.9 Å². The average Bonchev–Trinajstić information content (AvgIpc) is 2.93. The molecule has 0 aromatic heterocycles. The summed E-state index contributed by atoms with van der Waals surface area (Å²) in [5, 5.41) is 0.307. The van der Waals surface area contributed by atoms with Crippen LogP contribution in [0.3, 0.4) is 0 Å². The summed E-state index contributed by atoms with van der Waals surface area (Å²) in [5.41, 5.74) is 0.313. The summed E-state index contributed by atoms with van der Waals surface area (Å²) in [5.74, 6) is -0.920. The monoisotopic (exact) mass is 369 g/mol. The summed E-state index contributed by atoms with van der Waals surface area (Å²) < 4.78 is 14.0. The van der Waals surface area contributed by atoms with Gasteiger partial charge in [0.1, 0.15) is 5.82 Å². The Morgan fingerprint density at radius 2 is 2.12 bits per heavy atom. The molecule has 1 atom stereocenters. The molecule has 1 fully saturated rings. The van der Waals surface area contributed by atoms with Crippen molar-refractivity contribution >= 4 is 23.4 Å². The van der Waals surface area contributed by atoms with E-state index in [1.807, 2.05) is 25.9 Å². The van der Waals surface area contributed by atoms with Gasteiger partial charge in [-0.1, -0.05) is 17.7 Å². The van der Waals surface area contributed by atoms with Crippen molar-refractivity contribution in [2.45, 2.75) is 19.9 Å². The molecule has 2 amide bonds. The summed E-state index contributed by atoms with van der Waals surface area (Å²) in [6.07, 6.45) is 0.216. The van der Waals surface area contributed by atoms with Crippen molar-refractivity contribution in [1.29, 1.82) is 0 Å². The maximum atomic E-state index is 14.0. The minimum atomic E-state index is -0.422. The lowest BCUT2D eigenvalue weighted by atomic mass is 10.1. The van der Waals surface area contributed by atoms with Crippen LogP contribution < -0.4 is 0 Å². The Bertz CT molecular complexity index is 618. The van der Waals surface area contributed by atoms with Crippen LogP contribution in [0.25, 0.3) is 0 Å². The van der Waals surface area contributed by atoms with Gasteiger partial charge in [-0.25, -0.2) is 4.39 Å². The van der Waals surface area contributed by atoms with E-state index in [2.05, 4.69) is 0 Å². The number of carbonyl (C=O) groups excluding carboxylic acids is 2. The largest absolute Gasteiger partial charge is 0.341 e. The van der Waals surface area contributed by atoms with Gasteiger partial charge in [0.05, 0.1) is 5.92 Å². The highest BCUT2D eigenvalue weighted by molar-refractivity contribution is 6.31. The standard InChI is InChI=1S/C18H25ClFN3O2/c1-4-22(12-14-15(19)6-5-7-16(14)20)18(25)13-10-17(24)23(11-13)9-8-21(2)3/h5-7,13H,4,8-12H2,1-3H3. The quantitative estimate of drug-likeness (QED) is 0.740. The average molecular weight is 370 g/mol. The fourth-order valence-electron chi connectivity index (χ4n) is 2.95. The predicted octanol–water partition coefficient (Wildman–Crippen LogP) is 2.24. The molecule has 0 aliphatic carbocycles. The van der Waals surface area contributed by atoms with E-state index in [0.29, 0.717) is 30.2 Å². The van der Waals surface area contributed by atoms with Crippen LogP contribution >= 0.6 is 11.6 Å². The molecule has 0 N–H and O–H groups in total. The van der Waals surface area contributed by atoms with Crippen molar-refractivity contribution in [3.05, 3.63) is 34.6 Å². The van der Waals surface area contributed by atoms with E-state index >= 15 is 0 Å². The third-order valence-electron chi connectivity index (χ3n) is 4.48. The number of nitrogens with zero attached hydrogens (tertiary/aromatic N) is 3. The van der Waals surface area contributed by atoms with Crippen LogP contribution in [0.5, 0.6) is 0 Å². The zero-order valence-corrected chi connectivity index (χ0v) is 15.7. The van der Waals surface area contributed by atoms with Crippen molar-refractivity contribution in [3.8, 4) is 0 Å². The molecule has 0 spiro atoms. The Morgan fingerprint density at radius 1 is 1.40 bits per heavy atom. The van der Waals surface area contributed by atoms with E-state index in [0.717, 1.165) is 6.54 Å². The maximum absolute atomic E-state index is 14.0. The highest BCUT2D eigenvalue weighted by atomic mass is 35.5. The predicted molar refractivity (Wildman–Crippen MR) is 95.7 cm³/mol. The van der Waals surface area contributed by atoms with Crippen LogP contribution in [-0.2, 0) is 16.1 Å². The SMILES string of the molecule is CCN(Cc1c(F)cccc1Cl)C(=O)C1CC(=O)N(CCN(C)C)C1. The van der Waals surface area contributed by atoms with E-state index in [1.165, 1.54) is 12.1 Å². The first kappa shape index (κ1) is 19.7. The minimum absolute atomic E-state index is 0.000164. The van der Waals surface area contributed by atoms with Gasteiger partial charge in [-0.2, -0.15) is 0 Å². The van der Waals surface area contributed by atoms with Crippen LogP contribution in [0.1, 0.15) is 18.9 Å². The second-order valence-corrected chi connectivity index (χ2v) is 7.00. The fourth-order valence-corrected chi connectivity index (χ4v) is 3.18. The van der Waals surface area contributed by atoms with Crippen molar-refractivity contribution < 1.29 is 14.0 Å². The minimum Gasteiger partial charge on any atom is -0.341 e. The summed E-state index contributed by atoms with van der Waals surface area (Å²) in [7, 11) is 3.89. The molecule has 1 aliphatic rings. The van der Waals surface area contributed by atoms with E-state index in [-0.39, 0.29) is 30.7 Å². The number of hydrogen-bond donors (Lipinski definition) is 0. The Balaban J connectivity index is 2.04. The molecule has 0 radical (unpaired) electrons. The normalized spacial score (nSPS) is 17.4. The lowest BCUT2D eigenvalue weighted by Crippen LogP contribution is -2.38. The molecule has 0 bridgehead atoms. The van der Waals surface area contributed by atoms with Gasteiger partial charge in [-0.05, 0) is 33.2 Å². The van der Waals surface area contributed by atoms with Crippen LogP contribution in [-0.4, -0.2) is 66.8 Å². The lowest BCUT2D eigenvalue weighted by Gasteiger charge is -2.25. The maximum Gasteiger partial charge on any atom is 0.228 e. The van der Waals surface area contributed by atoms with Crippen LogP contribution in [0, 0.1) is 11.7 Å². The number of benzene rings is 1. The molecule has 25 heavy (non-hydrogen) atoms. The lowest BCUT2D eigenvalue weighted by molar-refractivity contribution is -0.136. The Labute approximate surface area is 153 Å². The highest BCUT2D eigenvalue weighted by Crippen LogP contribution is 2.24. The molecule has 2 rings (SSSR count). The third-order valence-corrected chi connectivity index (χ3v) is 4.84. The Hall–Kier alpha value is -1.66. The number of amides is 2. The zero-order valence-electron chi connectivity index (χ0n) is 15.0. The molecule has 1 aromatic carbocycles. The molecule has 1 aliphatic heterocycles. The van der Waals surface area contributed by atoms with Gasteiger partial charge in [0.15, 0.2) is 0 Å².